The number of piperazine rings is 1. The van der Waals surface area contributed by atoms with Gasteiger partial charge in [-0.25, -0.2) is 4.68 Å². The van der Waals surface area contributed by atoms with Crippen molar-refractivity contribution < 1.29 is 4.79 Å². The molecule has 6 nitrogen and oxygen atoms in total. The van der Waals surface area contributed by atoms with Crippen molar-refractivity contribution in [3.63, 3.8) is 0 Å². The molecule has 0 radical (unpaired) electrons. The van der Waals surface area contributed by atoms with Crippen molar-refractivity contribution in [2.24, 2.45) is 0 Å². The van der Waals surface area contributed by atoms with Crippen LogP contribution in [0.4, 0.5) is 11.5 Å². The molecule has 6 heteroatoms. The minimum Gasteiger partial charge on any atom is -0.394 e. The zero-order valence-electron chi connectivity index (χ0n) is 12.4. The Morgan fingerprint density at radius 1 is 1.37 bits per heavy atom. The summed E-state index contributed by atoms with van der Waals surface area (Å²) in [7, 11) is 1.84. The monoisotopic (exact) mass is 265 g/mol. The minimum absolute atomic E-state index is 0.111. The number of hydrogen-bond acceptors (Lipinski definition) is 4. The van der Waals surface area contributed by atoms with Crippen LogP contribution in [0.25, 0.3) is 0 Å². The quantitative estimate of drug-likeness (QED) is 0.861. The van der Waals surface area contributed by atoms with Gasteiger partial charge < -0.3 is 15.5 Å². The molecule has 2 N–H and O–H groups in total. The van der Waals surface area contributed by atoms with Crippen LogP contribution in [-0.2, 0) is 11.3 Å². The summed E-state index contributed by atoms with van der Waals surface area (Å²) in [6.45, 7) is 10.0. The number of likely N-dealkylation sites (N-methyl/N-ethyl adjacent to an activating group) is 1. The van der Waals surface area contributed by atoms with Gasteiger partial charge in [0.1, 0.15) is 5.54 Å². The molecule has 1 amide bonds. The van der Waals surface area contributed by atoms with Crippen molar-refractivity contribution >= 4 is 17.4 Å². The summed E-state index contributed by atoms with van der Waals surface area (Å²) in [4.78, 5) is 16.2. The largest absolute Gasteiger partial charge is 0.394 e. The van der Waals surface area contributed by atoms with Crippen molar-refractivity contribution in [3.05, 3.63) is 5.69 Å². The van der Waals surface area contributed by atoms with E-state index in [-0.39, 0.29) is 5.91 Å². The van der Waals surface area contributed by atoms with Crippen molar-refractivity contribution in [3.8, 4) is 0 Å². The van der Waals surface area contributed by atoms with Crippen molar-refractivity contribution in [1.29, 1.82) is 0 Å². The number of hydrogen-bond donors (Lipinski definition) is 1. The van der Waals surface area contributed by atoms with Crippen molar-refractivity contribution in [2.45, 2.75) is 39.8 Å². The molecule has 0 saturated carbocycles. The lowest BCUT2D eigenvalue weighted by molar-refractivity contribution is -0.136. The van der Waals surface area contributed by atoms with Gasteiger partial charge in [-0.2, -0.15) is 5.10 Å². The van der Waals surface area contributed by atoms with Crippen LogP contribution >= 0.6 is 0 Å². The Morgan fingerprint density at radius 2 is 2.00 bits per heavy atom. The fraction of sp³-hybridized carbons (Fsp3) is 0.692. The molecule has 1 aromatic heterocycles. The van der Waals surface area contributed by atoms with E-state index in [0.29, 0.717) is 12.2 Å². The summed E-state index contributed by atoms with van der Waals surface area (Å²) < 4.78 is 1.88. The smallest absolute Gasteiger partial charge is 0.247 e. The average molecular weight is 265 g/mol. The molecule has 1 saturated heterocycles. The molecule has 1 aliphatic rings. The molecular weight excluding hydrogens is 242 g/mol. The Balaban J connectivity index is 2.50. The first-order valence-electron chi connectivity index (χ1n) is 6.66. The SMILES string of the molecule is CCn1nc(C)c(N)c1N1CCN(C)C(=O)C1(C)C. The molecule has 19 heavy (non-hydrogen) atoms. The van der Waals surface area contributed by atoms with E-state index < -0.39 is 5.54 Å². The number of rotatable bonds is 2. The van der Waals surface area contributed by atoms with E-state index in [0.717, 1.165) is 24.6 Å². The second kappa shape index (κ2) is 4.43. The molecular formula is C13H23N5O. The highest BCUT2D eigenvalue weighted by molar-refractivity contribution is 5.91. The number of nitrogen functional groups attached to an aromatic ring is 1. The van der Waals surface area contributed by atoms with Gasteiger partial charge >= 0.3 is 0 Å². The summed E-state index contributed by atoms with van der Waals surface area (Å²) in [6.07, 6.45) is 0. The van der Waals surface area contributed by atoms with E-state index >= 15 is 0 Å². The highest BCUT2D eigenvalue weighted by Gasteiger charge is 2.42. The number of carbonyl (C=O) groups is 1. The molecule has 0 bridgehead atoms. The molecule has 1 fully saturated rings. The van der Waals surface area contributed by atoms with Crippen LogP contribution in [0.1, 0.15) is 26.5 Å². The van der Waals surface area contributed by atoms with Gasteiger partial charge in [0, 0.05) is 26.7 Å². The average Bonchev–Trinajstić information content (AvgIpc) is 2.63. The number of nitrogens with zero attached hydrogens (tertiary/aromatic N) is 4. The number of carbonyl (C=O) groups excluding carboxylic acids is 1. The zero-order chi connectivity index (χ0) is 14.4. The third-order valence-electron chi connectivity index (χ3n) is 3.90. The fourth-order valence-corrected chi connectivity index (χ4v) is 2.67. The van der Waals surface area contributed by atoms with Gasteiger partial charge in [-0.15, -0.1) is 0 Å². The Kier molecular flexibility index (Phi) is 3.20. The number of nitrogens with two attached hydrogens (primary N) is 1. The summed E-state index contributed by atoms with van der Waals surface area (Å²) in [5.41, 5.74) is 7.06. The van der Waals surface area contributed by atoms with Crippen LogP contribution in [0.15, 0.2) is 0 Å². The molecule has 2 rings (SSSR count). The van der Waals surface area contributed by atoms with Gasteiger partial charge in [0.05, 0.1) is 11.4 Å². The van der Waals surface area contributed by atoms with Crippen LogP contribution in [-0.4, -0.2) is 46.3 Å². The maximum absolute atomic E-state index is 12.4. The fourth-order valence-electron chi connectivity index (χ4n) is 2.67. The highest BCUT2D eigenvalue weighted by atomic mass is 16.2. The lowest BCUT2D eigenvalue weighted by Gasteiger charge is -2.46. The molecule has 0 unspecified atom stereocenters. The zero-order valence-corrected chi connectivity index (χ0v) is 12.4. The maximum Gasteiger partial charge on any atom is 0.247 e. The van der Waals surface area contributed by atoms with E-state index in [1.165, 1.54) is 0 Å². The van der Waals surface area contributed by atoms with E-state index in [9.17, 15) is 4.79 Å². The van der Waals surface area contributed by atoms with Crippen LogP contribution in [0.5, 0.6) is 0 Å². The summed E-state index contributed by atoms with van der Waals surface area (Å²) in [6, 6.07) is 0. The third-order valence-corrected chi connectivity index (χ3v) is 3.90. The first-order valence-corrected chi connectivity index (χ1v) is 6.66. The van der Waals surface area contributed by atoms with Gasteiger partial charge in [0.2, 0.25) is 5.91 Å². The minimum atomic E-state index is -0.597. The molecule has 1 aliphatic heterocycles. The van der Waals surface area contributed by atoms with Crippen molar-refractivity contribution in [2.75, 3.05) is 30.8 Å². The molecule has 1 aromatic rings. The van der Waals surface area contributed by atoms with E-state index in [2.05, 4.69) is 10.00 Å². The predicted molar refractivity (Wildman–Crippen MR) is 76.1 cm³/mol. The Labute approximate surface area is 114 Å². The van der Waals surface area contributed by atoms with E-state index in [1.54, 1.807) is 4.90 Å². The predicted octanol–water partition coefficient (Wildman–Crippen LogP) is 0.851. The van der Waals surface area contributed by atoms with Crippen LogP contribution in [0, 0.1) is 6.92 Å². The summed E-state index contributed by atoms with van der Waals surface area (Å²) in [5.74, 6) is 0.978. The standard InChI is InChI=1S/C13H23N5O/c1-6-18-11(10(14)9(2)15-18)17-8-7-16(5)12(19)13(17,3)4/h6-8,14H2,1-5H3. The molecule has 2 heterocycles. The first-order chi connectivity index (χ1) is 8.80. The topological polar surface area (TPSA) is 67.4 Å². The highest BCUT2D eigenvalue weighted by Crippen LogP contribution is 2.34. The van der Waals surface area contributed by atoms with Crippen LogP contribution < -0.4 is 10.6 Å². The molecule has 0 spiro atoms. The molecule has 0 atom stereocenters. The van der Waals surface area contributed by atoms with Gasteiger partial charge in [0.15, 0.2) is 5.82 Å². The lowest BCUT2D eigenvalue weighted by Crippen LogP contribution is -2.62. The molecule has 0 aliphatic carbocycles. The Morgan fingerprint density at radius 3 is 2.58 bits per heavy atom. The summed E-state index contributed by atoms with van der Waals surface area (Å²) in [5, 5.41) is 4.44. The maximum atomic E-state index is 12.4. The second-order valence-corrected chi connectivity index (χ2v) is 5.58. The molecule has 106 valence electrons. The number of anilines is 2. The van der Waals surface area contributed by atoms with Gasteiger partial charge in [-0.3, -0.25) is 4.79 Å². The second-order valence-electron chi connectivity index (χ2n) is 5.58. The van der Waals surface area contributed by atoms with Gasteiger partial charge in [0.25, 0.3) is 0 Å². The Hall–Kier alpha value is -1.72. The first kappa shape index (κ1) is 13.7. The Bertz CT molecular complexity index is 505. The van der Waals surface area contributed by atoms with E-state index in [4.69, 9.17) is 5.73 Å². The van der Waals surface area contributed by atoms with Gasteiger partial charge in [-0.1, -0.05) is 0 Å². The van der Waals surface area contributed by atoms with Gasteiger partial charge in [-0.05, 0) is 27.7 Å². The van der Waals surface area contributed by atoms with Crippen molar-refractivity contribution in [1.82, 2.24) is 14.7 Å². The summed E-state index contributed by atoms with van der Waals surface area (Å²) >= 11 is 0. The van der Waals surface area contributed by atoms with Crippen LogP contribution in [0.3, 0.4) is 0 Å². The number of aromatic nitrogens is 2. The van der Waals surface area contributed by atoms with E-state index in [1.807, 2.05) is 39.4 Å². The molecule has 0 aromatic carbocycles. The van der Waals surface area contributed by atoms with Crippen LogP contribution in [0.2, 0.25) is 0 Å². The lowest BCUT2D eigenvalue weighted by atomic mass is 9.97. The normalized spacial score (nSPS) is 19.1. The third kappa shape index (κ3) is 1.95. The number of amides is 1. The number of aryl methyl sites for hydroxylation is 2.